The number of carbonyl (C=O) groups excluding carboxylic acids is 4. The van der Waals surface area contributed by atoms with Crippen molar-refractivity contribution in [2.45, 2.75) is 37.3 Å². The van der Waals surface area contributed by atoms with Gasteiger partial charge in [-0.25, -0.2) is 9.98 Å². The Kier molecular flexibility index (Phi) is 14.3. The van der Waals surface area contributed by atoms with E-state index in [0.29, 0.717) is 61.2 Å². The van der Waals surface area contributed by atoms with Gasteiger partial charge in [-0.1, -0.05) is 121 Å². The molecule has 382 valence electrons. The lowest BCUT2D eigenvalue weighted by Crippen LogP contribution is -2.45. The van der Waals surface area contributed by atoms with E-state index in [0.717, 1.165) is 22.7 Å². The smallest absolute Gasteiger partial charge is 0.333 e. The maximum absolute atomic E-state index is 16.2. The summed E-state index contributed by atoms with van der Waals surface area (Å²) in [7, 11) is 0. The van der Waals surface area contributed by atoms with E-state index in [9.17, 15) is 21.0 Å². The van der Waals surface area contributed by atoms with E-state index in [1.165, 1.54) is 34.0 Å². The van der Waals surface area contributed by atoms with E-state index in [4.69, 9.17) is 18.9 Å². The number of benzene rings is 4. The van der Waals surface area contributed by atoms with Crippen molar-refractivity contribution in [1.29, 1.82) is 21.0 Å². The SMILES string of the molecule is N#CC(C#N)=Nc1ccc(-c2cc3c(s2)C2=C(c4sc5cc(-c6ccc(N=C(C#N)C#N)s6)sc5c4C2(C(=O)OCc2ccccc2)C(=O)OCc2ccccc2)C3(C(=O)OCc2ccccc2)C(=O)OCc2ccccc2)s1. The number of hydrogen-bond donors (Lipinski definition) is 0. The molecule has 19 heteroatoms. The molecule has 0 saturated carbocycles. The number of ether oxygens (including phenoxy) is 4. The lowest BCUT2D eigenvalue weighted by molar-refractivity contribution is -0.165. The van der Waals surface area contributed by atoms with Crippen LogP contribution in [0.3, 0.4) is 0 Å². The third kappa shape index (κ3) is 9.32. The average molecular weight is 1130 g/mol. The Balaban J connectivity index is 1.20. The van der Waals surface area contributed by atoms with Gasteiger partial charge in [0.25, 0.3) is 0 Å². The fourth-order valence-electron chi connectivity index (χ4n) is 9.44. The summed E-state index contributed by atoms with van der Waals surface area (Å²) in [6, 6.07) is 53.2. The van der Waals surface area contributed by atoms with Crippen LogP contribution in [0.15, 0.2) is 168 Å². The number of rotatable bonds is 16. The second-order valence-corrected chi connectivity index (χ2v) is 22.9. The van der Waals surface area contributed by atoms with Gasteiger partial charge in [-0.3, -0.25) is 19.2 Å². The first-order chi connectivity index (χ1) is 38.6. The Bertz CT molecular complexity index is 4040. The summed E-state index contributed by atoms with van der Waals surface area (Å²) < 4.78 is 26.4. The Morgan fingerprint density at radius 2 is 0.797 bits per heavy atom. The van der Waals surface area contributed by atoms with Crippen molar-refractivity contribution in [2.24, 2.45) is 9.98 Å². The summed E-state index contributed by atoms with van der Waals surface area (Å²) >= 11 is 5.90. The fraction of sp³-hybridized carbons (Fsp3) is 0.100. The molecule has 0 unspecified atom stereocenters. The van der Waals surface area contributed by atoms with Crippen LogP contribution in [-0.2, 0) is 75.4 Å². The van der Waals surface area contributed by atoms with Crippen molar-refractivity contribution in [3.63, 3.8) is 0 Å². The molecular weight excluding hydrogens is 1090 g/mol. The second kappa shape index (κ2) is 21.9. The Hall–Kier alpha value is -9.44. The van der Waals surface area contributed by atoms with Gasteiger partial charge >= 0.3 is 23.9 Å². The van der Waals surface area contributed by atoms with Crippen LogP contribution in [0, 0.1) is 45.3 Å². The first-order valence-electron chi connectivity index (χ1n) is 23.9. The number of nitrogens with zero attached hydrogens (tertiary/aromatic N) is 6. The van der Waals surface area contributed by atoms with Gasteiger partial charge in [-0.05, 0) is 58.7 Å². The first-order valence-corrected chi connectivity index (χ1v) is 28.0. The molecule has 5 aromatic heterocycles. The quantitative estimate of drug-likeness (QED) is 0.0381. The number of carbonyl (C=O) groups is 4. The van der Waals surface area contributed by atoms with Crippen molar-refractivity contribution in [2.75, 3.05) is 0 Å². The molecule has 0 spiro atoms. The van der Waals surface area contributed by atoms with Crippen LogP contribution in [0.4, 0.5) is 10.0 Å². The summed E-state index contributed by atoms with van der Waals surface area (Å²) in [6.07, 6.45) is 0. The molecule has 2 aliphatic rings. The van der Waals surface area contributed by atoms with Gasteiger partial charge in [0, 0.05) is 56.2 Å². The van der Waals surface area contributed by atoms with Crippen LogP contribution >= 0.6 is 56.7 Å². The molecule has 0 N–H and O–H groups in total. The minimum atomic E-state index is -2.54. The number of fused-ring (bicyclic) bond motifs is 6. The minimum Gasteiger partial charge on any atom is -0.459 e. The van der Waals surface area contributed by atoms with E-state index in [1.807, 2.05) is 30.3 Å². The lowest BCUT2D eigenvalue weighted by atomic mass is 9.76. The zero-order valence-electron chi connectivity index (χ0n) is 40.8. The predicted molar refractivity (Wildman–Crippen MR) is 302 cm³/mol. The molecule has 79 heavy (non-hydrogen) atoms. The van der Waals surface area contributed by atoms with Gasteiger partial charge in [0.1, 0.15) is 60.7 Å². The van der Waals surface area contributed by atoms with E-state index >= 15 is 19.2 Å². The molecule has 0 saturated heterocycles. The van der Waals surface area contributed by atoms with Crippen LogP contribution in [0.5, 0.6) is 0 Å². The zero-order chi connectivity index (χ0) is 54.7. The highest BCUT2D eigenvalue weighted by Crippen LogP contribution is 2.70. The highest BCUT2D eigenvalue weighted by molar-refractivity contribution is 7.32. The molecule has 4 aromatic carbocycles. The molecule has 0 radical (unpaired) electrons. The van der Waals surface area contributed by atoms with Gasteiger partial charge in [0.2, 0.25) is 22.3 Å². The molecule has 0 amide bonds. The maximum atomic E-state index is 16.2. The number of aliphatic imine (C=N–C) groups is 2. The third-order valence-electron chi connectivity index (χ3n) is 12.9. The van der Waals surface area contributed by atoms with Crippen molar-refractivity contribution in [1.82, 2.24) is 0 Å². The monoisotopic (exact) mass is 1130 g/mol. The molecular formula is C60H34N6O8S5. The Labute approximate surface area is 470 Å². The summed E-state index contributed by atoms with van der Waals surface area (Å²) in [4.78, 5) is 75.7. The summed E-state index contributed by atoms with van der Waals surface area (Å²) in [6.45, 7) is -1.11. The Morgan fingerprint density at radius 1 is 0.418 bits per heavy atom. The normalized spacial score (nSPS) is 13.1. The third-order valence-corrected chi connectivity index (χ3v) is 18.9. The van der Waals surface area contributed by atoms with E-state index < -0.39 is 34.7 Å². The van der Waals surface area contributed by atoms with Gasteiger partial charge < -0.3 is 18.9 Å². The van der Waals surface area contributed by atoms with Gasteiger partial charge in [-0.15, -0.1) is 56.7 Å². The lowest BCUT2D eigenvalue weighted by Gasteiger charge is -2.29. The minimum absolute atomic E-state index is 0.00660. The topological polar surface area (TPSA) is 225 Å². The van der Waals surface area contributed by atoms with Crippen molar-refractivity contribution in [3.8, 4) is 43.8 Å². The number of esters is 4. The predicted octanol–water partition coefficient (Wildman–Crippen LogP) is 13.1. The van der Waals surface area contributed by atoms with Crippen molar-refractivity contribution < 1.29 is 38.1 Å². The molecule has 14 nitrogen and oxygen atoms in total. The summed E-state index contributed by atoms with van der Waals surface area (Å²) in [5.74, 6) is -4.15. The average Bonchev–Trinajstić information content (AvgIpc) is 2.57. The van der Waals surface area contributed by atoms with Crippen LogP contribution in [0.1, 0.15) is 43.1 Å². The zero-order valence-corrected chi connectivity index (χ0v) is 44.9. The van der Waals surface area contributed by atoms with Crippen LogP contribution in [0.25, 0.3) is 40.1 Å². The number of nitriles is 4. The number of hydrogen-bond acceptors (Lipinski definition) is 19. The van der Waals surface area contributed by atoms with Crippen molar-refractivity contribution >= 4 is 123 Å². The standard InChI is InChI=1S/C60H34N6O8S5/c61-27-39(28-62)65-47-23-21-42(75-47)44-25-41-52(77-44)49-50(59(41,55(67)71-31-35-13-5-1-6-14-35)56(68)72-32-36-15-7-2-8-16-36)54-51(53-46(79-54)26-45(78-53)43-22-24-48(76-43)66-40(29-63)30-64)60(49,57(69)73-33-37-17-9-3-10-18-37)58(70)74-34-38-19-11-4-12-20-38/h1-26H,31-34H2. The van der Waals surface area contributed by atoms with E-state index in [2.05, 4.69) is 9.98 Å². The fourth-order valence-corrected chi connectivity index (χ4v) is 15.6. The molecule has 0 fully saturated rings. The largest absolute Gasteiger partial charge is 0.459 e. The molecule has 0 aliphatic heterocycles. The highest BCUT2D eigenvalue weighted by atomic mass is 32.1. The molecule has 11 rings (SSSR count). The maximum Gasteiger partial charge on any atom is 0.333 e. The van der Waals surface area contributed by atoms with Crippen LogP contribution in [-0.4, -0.2) is 35.3 Å². The van der Waals surface area contributed by atoms with Gasteiger partial charge in [-0.2, -0.15) is 21.0 Å². The Morgan fingerprint density at radius 3 is 1.20 bits per heavy atom. The van der Waals surface area contributed by atoms with Crippen molar-refractivity contribution in [3.05, 3.63) is 201 Å². The van der Waals surface area contributed by atoms with E-state index in [1.54, 1.807) is 152 Å². The van der Waals surface area contributed by atoms with Crippen LogP contribution < -0.4 is 0 Å². The van der Waals surface area contributed by atoms with E-state index in [-0.39, 0.29) is 69.9 Å². The molecule has 5 heterocycles. The molecule has 2 aliphatic carbocycles. The summed E-state index contributed by atoms with van der Waals surface area (Å²) in [5, 5.41) is 38.8. The second-order valence-electron chi connectivity index (χ2n) is 17.6. The molecule has 0 bridgehead atoms. The highest BCUT2D eigenvalue weighted by Gasteiger charge is 2.72. The first kappa shape index (κ1) is 51.7. The van der Waals surface area contributed by atoms with Crippen LogP contribution in [0.2, 0.25) is 0 Å². The van der Waals surface area contributed by atoms with Gasteiger partial charge in [0.05, 0.1) is 4.70 Å². The van der Waals surface area contributed by atoms with Gasteiger partial charge in [0.15, 0.2) is 0 Å². The molecule has 0 atom stereocenters. The number of thiophene rings is 5. The molecule has 9 aromatic rings. The summed E-state index contributed by atoms with van der Waals surface area (Å²) in [5.41, 5.74) is -3.08.